The number of benzene rings is 1. The Morgan fingerprint density at radius 2 is 1.78 bits per heavy atom. The van der Waals surface area contributed by atoms with Gasteiger partial charge in [0.2, 0.25) is 0 Å². The Kier molecular flexibility index (Phi) is 10.8. The van der Waals surface area contributed by atoms with Crippen molar-refractivity contribution in [2.24, 2.45) is 12.0 Å². The molecule has 0 aliphatic carbocycles. The van der Waals surface area contributed by atoms with Crippen molar-refractivity contribution >= 4 is 5.96 Å². The van der Waals surface area contributed by atoms with Gasteiger partial charge in [-0.15, -0.1) is 10.2 Å². The molecule has 0 saturated carbocycles. The van der Waals surface area contributed by atoms with E-state index in [2.05, 4.69) is 60.7 Å². The number of aryl methyl sites for hydroxylation is 1. The largest absolute Gasteiger partial charge is 0.490 e. The van der Waals surface area contributed by atoms with Crippen LogP contribution in [0.4, 0.5) is 0 Å². The van der Waals surface area contributed by atoms with Crippen LogP contribution in [-0.4, -0.2) is 40.5 Å². The number of nitrogens with zero attached hydrogens (tertiary/aromatic N) is 4. The molecule has 1 atom stereocenters. The molecule has 8 heteroatoms. The summed E-state index contributed by atoms with van der Waals surface area (Å²) in [6.07, 6.45) is 4.11. The molecule has 1 heterocycles. The van der Waals surface area contributed by atoms with Gasteiger partial charge >= 0.3 is 0 Å². The van der Waals surface area contributed by atoms with E-state index in [-0.39, 0.29) is 6.04 Å². The van der Waals surface area contributed by atoms with Crippen LogP contribution in [0.25, 0.3) is 0 Å². The monoisotopic (exact) mass is 444 g/mol. The second-order valence-corrected chi connectivity index (χ2v) is 7.94. The van der Waals surface area contributed by atoms with Crippen molar-refractivity contribution in [3.8, 4) is 11.5 Å². The first-order valence-electron chi connectivity index (χ1n) is 11.8. The second-order valence-electron chi connectivity index (χ2n) is 7.94. The molecule has 1 aromatic carbocycles. The Morgan fingerprint density at radius 1 is 1.06 bits per heavy atom. The summed E-state index contributed by atoms with van der Waals surface area (Å²) in [5.41, 5.74) is 1.11. The van der Waals surface area contributed by atoms with Crippen LogP contribution in [0.1, 0.15) is 76.6 Å². The highest BCUT2D eigenvalue weighted by atomic mass is 16.5. The summed E-state index contributed by atoms with van der Waals surface area (Å²) in [6.45, 7) is 13.1. The fourth-order valence-corrected chi connectivity index (χ4v) is 3.01. The minimum atomic E-state index is 0.0355. The van der Waals surface area contributed by atoms with Gasteiger partial charge in [0.1, 0.15) is 12.4 Å². The summed E-state index contributed by atoms with van der Waals surface area (Å²) in [5.74, 6) is 4.05. The van der Waals surface area contributed by atoms with E-state index in [0.717, 1.165) is 66.9 Å². The number of hydrogen-bond donors (Lipinski definition) is 2. The molecule has 0 fully saturated rings. The predicted molar refractivity (Wildman–Crippen MR) is 129 cm³/mol. The third-order valence-corrected chi connectivity index (χ3v) is 5.13. The summed E-state index contributed by atoms with van der Waals surface area (Å²) in [5, 5.41) is 15.3. The van der Waals surface area contributed by atoms with Crippen molar-refractivity contribution in [3.63, 3.8) is 0 Å². The molecule has 0 aliphatic heterocycles. The zero-order chi connectivity index (χ0) is 23.3. The Morgan fingerprint density at radius 3 is 2.41 bits per heavy atom. The zero-order valence-electron chi connectivity index (χ0n) is 20.6. The van der Waals surface area contributed by atoms with Gasteiger partial charge in [0.05, 0.1) is 19.3 Å². The minimum absolute atomic E-state index is 0.0355. The quantitative estimate of drug-likeness (QED) is 0.272. The van der Waals surface area contributed by atoms with Crippen molar-refractivity contribution in [1.82, 2.24) is 25.4 Å². The molecule has 0 spiro atoms. The maximum absolute atomic E-state index is 5.96. The molecule has 8 nitrogen and oxygen atoms in total. The fraction of sp³-hybridized carbons (Fsp3) is 0.625. The van der Waals surface area contributed by atoms with E-state index >= 15 is 0 Å². The summed E-state index contributed by atoms with van der Waals surface area (Å²) < 4.78 is 13.8. The van der Waals surface area contributed by atoms with Crippen LogP contribution in [0.5, 0.6) is 11.5 Å². The minimum Gasteiger partial charge on any atom is -0.490 e. The summed E-state index contributed by atoms with van der Waals surface area (Å²) in [7, 11) is 1.96. The molecule has 2 rings (SSSR count). The van der Waals surface area contributed by atoms with Gasteiger partial charge in [0.25, 0.3) is 0 Å². The maximum atomic E-state index is 5.96. The molecule has 2 aromatic rings. The molecular formula is C24H40N6O2. The molecule has 0 radical (unpaired) electrons. The average Bonchev–Trinajstić information content (AvgIpc) is 3.12. The van der Waals surface area contributed by atoms with Gasteiger partial charge in [-0.2, -0.15) is 0 Å². The second kappa shape index (κ2) is 13.6. The Labute approximate surface area is 192 Å². The molecule has 0 amide bonds. The molecule has 0 bridgehead atoms. The molecular weight excluding hydrogens is 404 g/mol. The topological polar surface area (TPSA) is 85.6 Å². The molecule has 0 aliphatic rings. The van der Waals surface area contributed by atoms with Gasteiger partial charge in [-0.25, -0.2) is 4.99 Å². The van der Waals surface area contributed by atoms with Gasteiger partial charge < -0.3 is 24.7 Å². The van der Waals surface area contributed by atoms with Crippen molar-refractivity contribution in [2.45, 2.75) is 72.9 Å². The Hall–Kier alpha value is -2.77. The lowest BCUT2D eigenvalue weighted by atomic mass is 10.1. The normalized spacial score (nSPS) is 12.5. The number of guanidine groups is 1. The number of ether oxygens (including phenoxy) is 2. The lowest BCUT2D eigenvalue weighted by Gasteiger charge is -2.20. The fourth-order valence-electron chi connectivity index (χ4n) is 3.01. The van der Waals surface area contributed by atoms with Crippen LogP contribution in [0.2, 0.25) is 0 Å². The zero-order valence-corrected chi connectivity index (χ0v) is 20.6. The molecule has 1 unspecified atom stereocenters. The summed E-state index contributed by atoms with van der Waals surface area (Å²) >= 11 is 0. The smallest absolute Gasteiger partial charge is 0.192 e. The lowest BCUT2D eigenvalue weighted by molar-refractivity contribution is 0.268. The van der Waals surface area contributed by atoms with Crippen molar-refractivity contribution in [2.75, 3.05) is 19.8 Å². The number of aromatic nitrogens is 3. The third kappa shape index (κ3) is 7.73. The first-order valence-corrected chi connectivity index (χ1v) is 11.8. The first kappa shape index (κ1) is 25.5. The van der Waals surface area contributed by atoms with Gasteiger partial charge in [-0.3, -0.25) is 0 Å². The molecule has 2 N–H and O–H groups in total. The van der Waals surface area contributed by atoms with Gasteiger partial charge in [-0.05, 0) is 50.8 Å². The third-order valence-electron chi connectivity index (χ3n) is 5.13. The highest BCUT2D eigenvalue weighted by molar-refractivity contribution is 5.80. The Balaban J connectivity index is 2.16. The molecule has 0 saturated heterocycles. The molecule has 1 aromatic heterocycles. The number of unbranched alkanes of at least 4 members (excludes halogenated alkanes) is 1. The van der Waals surface area contributed by atoms with Crippen molar-refractivity contribution in [3.05, 3.63) is 35.4 Å². The van der Waals surface area contributed by atoms with E-state index in [1.807, 2.05) is 24.6 Å². The highest BCUT2D eigenvalue weighted by Gasteiger charge is 2.13. The Bertz CT molecular complexity index is 849. The molecule has 178 valence electrons. The van der Waals surface area contributed by atoms with Crippen LogP contribution >= 0.6 is 0 Å². The SMILES string of the molecule is CCCCNC(=NCc1nnc(C)n1C)NC(C)c1ccc(OCCC)c(OCCC)c1. The predicted octanol–water partition coefficient (Wildman–Crippen LogP) is 4.30. The van der Waals surface area contributed by atoms with Crippen LogP contribution in [-0.2, 0) is 13.6 Å². The first-order chi connectivity index (χ1) is 15.5. The number of hydrogen-bond acceptors (Lipinski definition) is 5. The van der Waals surface area contributed by atoms with Gasteiger partial charge in [-0.1, -0.05) is 33.3 Å². The lowest BCUT2D eigenvalue weighted by Crippen LogP contribution is -2.39. The van der Waals surface area contributed by atoms with Crippen LogP contribution < -0.4 is 20.1 Å². The van der Waals surface area contributed by atoms with Crippen LogP contribution in [0, 0.1) is 6.92 Å². The standard InChI is InChI=1S/C24H40N6O2/c1-7-10-13-25-24(26-17-23-29-28-19(5)30(23)6)27-18(4)20-11-12-21(31-14-8-2)22(16-20)32-15-9-3/h11-12,16,18H,7-10,13-15,17H2,1-6H3,(H2,25,26,27). The van der Waals surface area contributed by atoms with Crippen LogP contribution in [0.3, 0.4) is 0 Å². The van der Waals surface area contributed by atoms with E-state index in [1.165, 1.54) is 0 Å². The van der Waals surface area contributed by atoms with Gasteiger partial charge in [0, 0.05) is 13.6 Å². The average molecular weight is 445 g/mol. The van der Waals surface area contributed by atoms with E-state index in [0.29, 0.717) is 19.8 Å². The van der Waals surface area contributed by atoms with E-state index in [9.17, 15) is 0 Å². The number of aliphatic imine (C=N–C) groups is 1. The number of nitrogens with one attached hydrogen (secondary N) is 2. The summed E-state index contributed by atoms with van der Waals surface area (Å²) in [6, 6.07) is 6.18. The van der Waals surface area contributed by atoms with E-state index in [1.54, 1.807) is 0 Å². The van der Waals surface area contributed by atoms with Gasteiger partial charge in [0.15, 0.2) is 23.3 Å². The van der Waals surface area contributed by atoms with E-state index in [4.69, 9.17) is 14.5 Å². The number of rotatable bonds is 13. The van der Waals surface area contributed by atoms with Crippen LogP contribution in [0.15, 0.2) is 23.2 Å². The van der Waals surface area contributed by atoms with Crippen molar-refractivity contribution < 1.29 is 9.47 Å². The summed E-state index contributed by atoms with van der Waals surface area (Å²) in [4.78, 5) is 4.75. The maximum Gasteiger partial charge on any atom is 0.192 e. The van der Waals surface area contributed by atoms with Crippen molar-refractivity contribution in [1.29, 1.82) is 0 Å². The van der Waals surface area contributed by atoms with E-state index < -0.39 is 0 Å². The highest BCUT2D eigenvalue weighted by Crippen LogP contribution is 2.31. The molecule has 32 heavy (non-hydrogen) atoms.